The Kier molecular flexibility index (Phi) is 6.44. The fourth-order valence-electron chi connectivity index (χ4n) is 4.00. The summed E-state index contributed by atoms with van der Waals surface area (Å²) >= 11 is 0. The Hall–Kier alpha value is -3.03. The van der Waals surface area contributed by atoms with Gasteiger partial charge in [-0.25, -0.2) is 0 Å². The lowest BCUT2D eigenvalue weighted by Gasteiger charge is -2.26. The molecule has 2 aromatic carbocycles. The number of nitrogens with one attached hydrogen (secondary N) is 1. The maximum absolute atomic E-state index is 12.9. The summed E-state index contributed by atoms with van der Waals surface area (Å²) in [5.41, 5.74) is 3.00. The van der Waals surface area contributed by atoms with E-state index in [2.05, 4.69) is 10.2 Å². The van der Waals surface area contributed by atoms with Crippen LogP contribution in [0.2, 0.25) is 0 Å². The van der Waals surface area contributed by atoms with Gasteiger partial charge in [-0.1, -0.05) is 29.8 Å². The first-order valence-electron chi connectivity index (χ1n) is 10.7. The number of benzene rings is 2. The molecule has 2 heterocycles. The summed E-state index contributed by atoms with van der Waals surface area (Å²) < 4.78 is 5.33. The normalized spacial score (nSPS) is 16.5. The molecule has 0 unspecified atom stereocenters. The lowest BCUT2D eigenvalue weighted by molar-refractivity contribution is 0.0374. The highest BCUT2D eigenvalue weighted by Crippen LogP contribution is 2.26. The van der Waals surface area contributed by atoms with Crippen molar-refractivity contribution < 1.29 is 19.1 Å². The maximum Gasteiger partial charge on any atom is 0.261 e. The zero-order valence-corrected chi connectivity index (χ0v) is 17.7. The highest BCUT2D eigenvalue weighted by atomic mass is 16.5. The molecule has 0 radical (unpaired) electrons. The van der Waals surface area contributed by atoms with Gasteiger partial charge >= 0.3 is 0 Å². The van der Waals surface area contributed by atoms with Crippen molar-refractivity contribution in [3.63, 3.8) is 0 Å². The topological polar surface area (TPSA) is 79.0 Å². The van der Waals surface area contributed by atoms with Crippen LogP contribution in [0, 0.1) is 6.92 Å². The average Bonchev–Trinajstić information content (AvgIpc) is 3.02. The van der Waals surface area contributed by atoms with Gasteiger partial charge in [0.2, 0.25) is 0 Å². The summed E-state index contributed by atoms with van der Waals surface area (Å²) in [6, 6.07) is 12.4. The van der Waals surface area contributed by atoms with Gasteiger partial charge in [0, 0.05) is 25.2 Å². The van der Waals surface area contributed by atoms with Gasteiger partial charge in [0.15, 0.2) is 0 Å². The molecular formula is C24H27N3O4. The molecule has 3 amide bonds. The van der Waals surface area contributed by atoms with Gasteiger partial charge in [0.25, 0.3) is 17.7 Å². The molecule has 2 aliphatic rings. The van der Waals surface area contributed by atoms with Crippen molar-refractivity contribution in [1.29, 1.82) is 0 Å². The first-order chi connectivity index (χ1) is 15.0. The van der Waals surface area contributed by atoms with Crippen LogP contribution in [-0.4, -0.2) is 66.9 Å². The van der Waals surface area contributed by atoms with E-state index >= 15 is 0 Å². The smallest absolute Gasteiger partial charge is 0.261 e. The predicted octanol–water partition coefficient (Wildman–Crippen LogP) is 2.24. The van der Waals surface area contributed by atoms with Gasteiger partial charge in [-0.15, -0.1) is 0 Å². The molecule has 31 heavy (non-hydrogen) atoms. The van der Waals surface area contributed by atoms with E-state index in [0.29, 0.717) is 23.2 Å². The molecule has 1 saturated heterocycles. The largest absolute Gasteiger partial charge is 0.379 e. The minimum Gasteiger partial charge on any atom is -0.379 e. The molecule has 0 bridgehead atoms. The molecule has 0 aliphatic carbocycles. The van der Waals surface area contributed by atoms with Crippen molar-refractivity contribution in [2.45, 2.75) is 19.9 Å². The Morgan fingerprint density at radius 2 is 1.81 bits per heavy atom. The molecule has 2 aliphatic heterocycles. The molecule has 0 aromatic heterocycles. The molecule has 0 spiro atoms. The van der Waals surface area contributed by atoms with E-state index in [1.54, 1.807) is 12.1 Å². The summed E-state index contributed by atoms with van der Waals surface area (Å²) in [6.07, 6.45) is 0.846. The number of amides is 3. The Bertz CT molecular complexity index is 998. The fraction of sp³-hybridized carbons (Fsp3) is 0.375. The number of carbonyl (C=O) groups is 3. The van der Waals surface area contributed by atoms with E-state index in [1.165, 1.54) is 11.0 Å². The summed E-state index contributed by atoms with van der Waals surface area (Å²) in [5.74, 6) is -0.912. The number of aryl methyl sites for hydroxylation is 1. The van der Waals surface area contributed by atoms with Gasteiger partial charge in [-0.3, -0.25) is 24.2 Å². The van der Waals surface area contributed by atoms with Gasteiger partial charge in [-0.2, -0.15) is 0 Å². The Morgan fingerprint density at radius 1 is 1.03 bits per heavy atom. The van der Waals surface area contributed by atoms with Crippen LogP contribution in [0.25, 0.3) is 0 Å². The van der Waals surface area contributed by atoms with E-state index in [9.17, 15) is 14.4 Å². The number of morpholine rings is 1. The van der Waals surface area contributed by atoms with Crippen LogP contribution >= 0.6 is 0 Å². The molecule has 0 saturated carbocycles. The quantitative estimate of drug-likeness (QED) is 0.548. The number of hydrogen-bond donors (Lipinski definition) is 1. The highest BCUT2D eigenvalue weighted by Gasteiger charge is 2.36. The van der Waals surface area contributed by atoms with Crippen LogP contribution in [0.1, 0.15) is 48.6 Å². The second-order valence-corrected chi connectivity index (χ2v) is 8.01. The number of carbonyl (C=O) groups excluding carboxylic acids is 3. The van der Waals surface area contributed by atoms with E-state index < -0.39 is 0 Å². The Labute approximate surface area is 182 Å². The van der Waals surface area contributed by atoms with Crippen molar-refractivity contribution in [3.8, 4) is 0 Å². The van der Waals surface area contributed by atoms with Crippen LogP contribution in [0.5, 0.6) is 0 Å². The third-order valence-corrected chi connectivity index (χ3v) is 5.70. The minimum absolute atomic E-state index is 0.219. The molecule has 1 N–H and O–H groups in total. The number of fused-ring (bicyclic) bond motifs is 1. The molecule has 7 heteroatoms. The lowest BCUT2D eigenvalue weighted by Crippen LogP contribution is -2.38. The van der Waals surface area contributed by atoms with E-state index in [-0.39, 0.29) is 24.3 Å². The van der Waals surface area contributed by atoms with E-state index in [1.807, 2.05) is 31.2 Å². The number of ether oxygens (including phenoxy) is 1. The molecule has 2 aromatic rings. The number of hydrogen-bond acceptors (Lipinski definition) is 5. The summed E-state index contributed by atoms with van der Waals surface area (Å²) in [7, 11) is 0. The fourth-order valence-corrected chi connectivity index (χ4v) is 4.00. The second-order valence-electron chi connectivity index (χ2n) is 8.01. The Morgan fingerprint density at radius 3 is 2.58 bits per heavy atom. The Balaban J connectivity index is 1.36. The minimum atomic E-state index is -0.358. The van der Waals surface area contributed by atoms with Gasteiger partial charge in [0.05, 0.1) is 30.9 Å². The molecular weight excluding hydrogens is 394 g/mol. The summed E-state index contributed by atoms with van der Waals surface area (Å²) in [4.78, 5) is 41.7. The molecule has 0 atom stereocenters. The van der Waals surface area contributed by atoms with Gasteiger partial charge < -0.3 is 10.1 Å². The maximum atomic E-state index is 12.9. The van der Waals surface area contributed by atoms with Crippen molar-refractivity contribution in [2.75, 3.05) is 39.4 Å². The van der Waals surface area contributed by atoms with Crippen LogP contribution < -0.4 is 5.32 Å². The third kappa shape index (κ3) is 4.84. The monoisotopic (exact) mass is 421 g/mol. The molecule has 7 nitrogen and oxygen atoms in total. The zero-order valence-electron chi connectivity index (χ0n) is 17.7. The van der Waals surface area contributed by atoms with Crippen molar-refractivity contribution in [1.82, 2.24) is 15.1 Å². The van der Waals surface area contributed by atoms with Gasteiger partial charge in [0.1, 0.15) is 0 Å². The first kappa shape index (κ1) is 21.2. The zero-order chi connectivity index (χ0) is 21.8. The van der Waals surface area contributed by atoms with Crippen LogP contribution in [-0.2, 0) is 11.3 Å². The van der Waals surface area contributed by atoms with Crippen molar-refractivity contribution in [2.24, 2.45) is 0 Å². The standard InChI is InChI=1S/C24H27N3O4/c1-17-4-2-5-18(14-17)16-27-23(29)20-7-6-19(15-21(20)24(27)30)22(28)25-8-3-9-26-10-12-31-13-11-26/h2,4-7,14-15H,3,8-13,16H2,1H3,(H,25,28). The van der Waals surface area contributed by atoms with E-state index in [4.69, 9.17) is 4.74 Å². The summed E-state index contributed by atoms with van der Waals surface area (Å²) in [5, 5.41) is 2.91. The highest BCUT2D eigenvalue weighted by molar-refractivity contribution is 6.22. The number of nitrogens with zero attached hydrogens (tertiary/aromatic N) is 2. The first-order valence-corrected chi connectivity index (χ1v) is 10.7. The predicted molar refractivity (Wildman–Crippen MR) is 116 cm³/mol. The molecule has 162 valence electrons. The second kappa shape index (κ2) is 9.41. The average molecular weight is 421 g/mol. The molecule has 4 rings (SSSR count). The van der Waals surface area contributed by atoms with Crippen LogP contribution in [0.3, 0.4) is 0 Å². The summed E-state index contributed by atoms with van der Waals surface area (Å²) in [6.45, 7) is 7.02. The number of rotatable bonds is 7. The van der Waals surface area contributed by atoms with Crippen molar-refractivity contribution in [3.05, 3.63) is 70.3 Å². The SMILES string of the molecule is Cc1cccc(CN2C(=O)c3ccc(C(=O)NCCCN4CCOCC4)cc3C2=O)c1. The van der Waals surface area contributed by atoms with Crippen LogP contribution in [0.4, 0.5) is 0 Å². The molecule has 1 fully saturated rings. The lowest BCUT2D eigenvalue weighted by atomic mass is 10.1. The van der Waals surface area contributed by atoms with Crippen LogP contribution in [0.15, 0.2) is 42.5 Å². The third-order valence-electron chi connectivity index (χ3n) is 5.70. The van der Waals surface area contributed by atoms with Crippen molar-refractivity contribution >= 4 is 17.7 Å². The van der Waals surface area contributed by atoms with E-state index in [0.717, 1.165) is 50.4 Å². The number of imide groups is 1. The van der Waals surface area contributed by atoms with Gasteiger partial charge in [-0.05, 0) is 43.7 Å².